The van der Waals surface area contributed by atoms with E-state index in [-0.39, 0.29) is 5.91 Å². The van der Waals surface area contributed by atoms with Crippen LogP contribution in [0.25, 0.3) is 33.3 Å². The maximum atomic E-state index is 12.6. The summed E-state index contributed by atoms with van der Waals surface area (Å²) in [6.45, 7) is 0. The van der Waals surface area contributed by atoms with Crippen LogP contribution in [0, 0.1) is 0 Å². The number of carbonyl (C=O) groups excluding carboxylic acids is 1. The van der Waals surface area contributed by atoms with Gasteiger partial charge in [-0.25, -0.2) is 4.98 Å². The Morgan fingerprint density at radius 3 is 2.41 bits per heavy atom. The fourth-order valence-corrected chi connectivity index (χ4v) is 3.26. The molecular weight excluding hydrogens is 336 g/mol. The summed E-state index contributed by atoms with van der Waals surface area (Å²) in [7, 11) is 0. The lowest BCUT2D eigenvalue weighted by Gasteiger charge is -2.05. The fourth-order valence-electron chi connectivity index (χ4n) is 3.26. The predicted molar refractivity (Wildman–Crippen MR) is 108 cm³/mol. The molecule has 0 aliphatic rings. The quantitative estimate of drug-likeness (QED) is 0.429. The monoisotopic (exact) mass is 352 g/mol. The molecule has 0 bridgehead atoms. The number of nitrogens with one attached hydrogen (secondary N) is 3. The molecule has 0 aliphatic heterocycles. The lowest BCUT2D eigenvalue weighted by Crippen LogP contribution is -2.11. The summed E-state index contributed by atoms with van der Waals surface area (Å²) in [6, 6.07) is 23.3. The van der Waals surface area contributed by atoms with E-state index in [9.17, 15) is 4.79 Å². The number of para-hydroxylation sites is 3. The summed E-state index contributed by atoms with van der Waals surface area (Å²) in [5, 5.41) is 3.86. The summed E-state index contributed by atoms with van der Waals surface area (Å²) < 4.78 is 0. The highest BCUT2D eigenvalue weighted by atomic mass is 16.1. The van der Waals surface area contributed by atoms with Crippen molar-refractivity contribution >= 4 is 33.5 Å². The van der Waals surface area contributed by atoms with Gasteiger partial charge in [0, 0.05) is 28.4 Å². The average molecular weight is 352 g/mol. The molecule has 0 radical (unpaired) electrons. The molecule has 0 spiro atoms. The van der Waals surface area contributed by atoms with Crippen LogP contribution < -0.4 is 5.32 Å². The highest BCUT2D eigenvalue weighted by Crippen LogP contribution is 2.23. The van der Waals surface area contributed by atoms with Crippen LogP contribution in [0.2, 0.25) is 0 Å². The highest BCUT2D eigenvalue weighted by Gasteiger charge is 2.12. The van der Waals surface area contributed by atoms with Crippen molar-refractivity contribution in [3.8, 4) is 11.4 Å². The lowest BCUT2D eigenvalue weighted by atomic mass is 10.1. The van der Waals surface area contributed by atoms with Crippen molar-refractivity contribution < 1.29 is 4.79 Å². The standard InChI is InChI=1S/C22H16N4O/c27-22(17-13-23-18-6-2-1-5-16(17)18)24-15-11-9-14(10-12-15)21-25-19-7-3-4-8-20(19)26-21/h1-13,23H,(H,24,27)(H,25,26). The van der Waals surface area contributed by atoms with Crippen LogP contribution in [0.5, 0.6) is 0 Å². The van der Waals surface area contributed by atoms with Crippen molar-refractivity contribution in [2.75, 3.05) is 5.32 Å². The first-order valence-electron chi connectivity index (χ1n) is 8.70. The number of benzene rings is 3. The Kier molecular flexibility index (Phi) is 3.50. The minimum Gasteiger partial charge on any atom is -0.360 e. The van der Waals surface area contributed by atoms with E-state index in [1.165, 1.54) is 0 Å². The van der Waals surface area contributed by atoms with Gasteiger partial charge in [-0.3, -0.25) is 4.79 Å². The number of anilines is 1. The number of hydrogen-bond donors (Lipinski definition) is 3. The zero-order chi connectivity index (χ0) is 18.2. The topological polar surface area (TPSA) is 73.6 Å². The van der Waals surface area contributed by atoms with E-state index in [1.54, 1.807) is 6.20 Å². The number of aromatic nitrogens is 3. The molecule has 0 unspecified atom stereocenters. The number of nitrogens with zero attached hydrogens (tertiary/aromatic N) is 1. The summed E-state index contributed by atoms with van der Waals surface area (Å²) in [6.07, 6.45) is 1.74. The van der Waals surface area contributed by atoms with Gasteiger partial charge < -0.3 is 15.3 Å². The molecule has 0 atom stereocenters. The molecule has 0 saturated carbocycles. The van der Waals surface area contributed by atoms with E-state index in [1.807, 2.05) is 72.8 Å². The van der Waals surface area contributed by atoms with Gasteiger partial charge in [0.2, 0.25) is 0 Å². The van der Waals surface area contributed by atoms with Crippen molar-refractivity contribution in [1.82, 2.24) is 15.0 Å². The van der Waals surface area contributed by atoms with E-state index >= 15 is 0 Å². The van der Waals surface area contributed by atoms with E-state index in [4.69, 9.17) is 0 Å². The van der Waals surface area contributed by atoms with Gasteiger partial charge in [0.25, 0.3) is 5.91 Å². The number of aromatic amines is 2. The van der Waals surface area contributed by atoms with Gasteiger partial charge in [-0.2, -0.15) is 0 Å². The zero-order valence-electron chi connectivity index (χ0n) is 14.4. The van der Waals surface area contributed by atoms with Gasteiger partial charge in [-0.05, 0) is 42.5 Å². The van der Waals surface area contributed by atoms with Crippen molar-refractivity contribution in [3.63, 3.8) is 0 Å². The zero-order valence-corrected chi connectivity index (χ0v) is 14.4. The first-order valence-corrected chi connectivity index (χ1v) is 8.70. The molecule has 5 rings (SSSR count). The Morgan fingerprint density at radius 1 is 0.852 bits per heavy atom. The van der Waals surface area contributed by atoms with Gasteiger partial charge in [-0.15, -0.1) is 0 Å². The van der Waals surface area contributed by atoms with Crippen LogP contribution >= 0.6 is 0 Å². The van der Waals surface area contributed by atoms with Crippen LogP contribution in [0.1, 0.15) is 10.4 Å². The molecule has 3 N–H and O–H groups in total. The largest absolute Gasteiger partial charge is 0.360 e. The van der Waals surface area contributed by atoms with Gasteiger partial charge in [0.15, 0.2) is 0 Å². The molecule has 0 saturated heterocycles. The third-order valence-corrected chi connectivity index (χ3v) is 4.64. The van der Waals surface area contributed by atoms with Crippen molar-refractivity contribution in [1.29, 1.82) is 0 Å². The third-order valence-electron chi connectivity index (χ3n) is 4.64. The first-order chi connectivity index (χ1) is 13.3. The van der Waals surface area contributed by atoms with Crippen molar-refractivity contribution in [2.45, 2.75) is 0 Å². The van der Waals surface area contributed by atoms with Crippen molar-refractivity contribution in [2.24, 2.45) is 0 Å². The Labute approximate surface area is 155 Å². The number of carbonyl (C=O) groups is 1. The second kappa shape index (κ2) is 6.14. The maximum Gasteiger partial charge on any atom is 0.257 e. The second-order valence-electron chi connectivity index (χ2n) is 6.38. The van der Waals surface area contributed by atoms with E-state index in [2.05, 4.69) is 20.3 Å². The van der Waals surface area contributed by atoms with Gasteiger partial charge >= 0.3 is 0 Å². The van der Waals surface area contributed by atoms with Gasteiger partial charge in [0.05, 0.1) is 16.6 Å². The highest BCUT2D eigenvalue weighted by molar-refractivity contribution is 6.12. The van der Waals surface area contributed by atoms with Crippen LogP contribution in [-0.4, -0.2) is 20.9 Å². The molecule has 0 aliphatic carbocycles. The number of hydrogen-bond acceptors (Lipinski definition) is 2. The molecule has 5 aromatic rings. The average Bonchev–Trinajstić information content (AvgIpc) is 3.33. The number of imidazole rings is 1. The normalized spacial score (nSPS) is 11.1. The Hall–Kier alpha value is -3.86. The van der Waals surface area contributed by atoms with E-state index < -0.39 is 0 Å². The minimum atomic E-state index is -0.135. The Bertz CT molecular complexity index is 1230. The van der Waals surface area contributed by atoms with Crippen LogP contribution in [0.4, 0.5) is 5.69 Å². The van der Waals surface area contributed by atoms with Crippen LogP contribution in [0.3, 0.4) is 0 Å². The van der Waals surface area contributed by atoms with E-state index in [0.717, 1.165) is 39.0 Å². The molecule has 5 heteroatoms. The van der Waals surface area contributed by atoms with Crippen molar-refractivity contribution in [3.05, 3.63) is 84.6 Å². The molecular formula is C22H16N4O. The van der Waals surface area contributed by atoms with Crippen LogP contribution in [-0.2, 0) is 0 Å². The second-order valence-corrected chi connectivity index (χ2v) is 6.38. The number of H-pyrrole nitrogens is 2. The fraction of sp³-hybridized carbons (Fsp3) is 0. The number of rotatable bonds is 3. The maximum absolute atomic E-state index is 12.6. The molecule has 2 aromatic heterocycles. The number of amides is 1. The first kappa shape index (κ1) is 15.4. The third kappa shape index (κ3) is 2.75. The Morgan fingerprint density at radius 2 is 1.59 bits per heavy atom. The Balaban J connectivity index is 1.39. The SMILES string of the molecule is O=C(Nc1ccc(-c2nc3ccccc3[nH]2)cc1)c1c[nH]c2ccccc12. The molecule has 3 aromatic carbocycles. The van der Waals surface area contributed by atoms with Crippen LogP contribution in [0.15, 0.2) is 79.0 Å². The molecule has 0 fully saturated rings. The molecule has 5 nitrogen and oxygen atoms in total. The summed E-state index contributed by atoms with van der Waals surface area (Å²) >= 11 is 0. The molecule has 130 valence electrons. The molecule has 27 heavy (non-hydrogen) atoms. The summed E-state index contributed by atoms with van der Waals surface area (Å²) in [5.41, 5.74) is 5.23. The van der Waals surface area contributed by atoms with E-state index in [0.29, 0.717) is 5.56 Å². The van der Waals surface area contributed by atoms with Gasteiger partial charge in [0.1, 0.15) is 5.82 Å². The number of fused-ring (bicyclic) bond motifs is 2. The minimum absolute atomic E-state index is 0.135. The lowest BCUT2D eigenvalue weighted by molar-refractivity contribution is 0.102. The molecule has 1 amide bonds. The summed E-state index contributed by atoms with van der Waals surface area (Å²) in [5.74, 6) is 0.676. The smallest absolute Gasteiger partial charge is 0.257 e. The summed E-state index contributed by atoms with van der Waals surface area (Å²) in [4.78, 5) is 23.7. The predicted octanol–water partition coefficient (Wildman–Crippen LogP) is 4.96. The van der Waals surface area contributed by atoms with Gasteiger partial charge in [-0.1, -0.05) is 30.3 Å². The molecule has 2 heterocycles.